The molecule has 2 aromatic carbocycles. The molecule has 1 aliphatic heterocycles. The van der Waals surface area contributed by atoms with Gasteiger partial charge in [-0.15, -0.1) is 0 Å². The van der Waals surface area contributed by atoms with Gasteiger partial charge in [-0.1, -0.05) is 0 Å². The molecule has 0 saturated carbocycles. The molecule has 0 bridgehead atoms. The third kappa shape index (κ3) is 3.78. The smallest absolute Gasteiger partial charge is 0.363 e. The molecule has 0 N–H and O–H groups in total. The summed E-state index contributed by atoms with van der Waals surface area (Å²) in [6.45, 7) is 0. The number of rotatable bonds is 6. The topological polar surface area (TPSA) is 109 Å². The summed E-state index contributed by atoms with van der Waals surface area (Å²) in [4.78, 5) is 26.9. The van der Waals surface area contributed by atoms with Crippen molar-refractivity contribution >= 4 is 23.6 Å². The lowest BCUT2D eigenvalue weighted by atomic mass is 10.1. The van der Waals surface area contributed by atoms with Gasteiger partial charge in [0.15, 0.2) is 11.4 Å². The summed E-state index contributed by atoms with van der Waals surface area (Å²) in [6.07, 6.45) is 1.51. The van der Waals surface area contributed by atoms with Gasteiger partial charge in [0.2, 0.25) is 5.90 Å². The van der Waals surface area contributed by atoms with E-state index in [2.05, 4.69) is 4.99 Å². The van der Waals surface area contributed by atoms with E-state index in [4.69, 9.17) is 18.9 Å². The molecule has 0 aliphatic carbocycles. The molecule has 2 aromatic rings. The van der Waals surface area contributed by atoms with Crippen molar-refractivity contribution < 1.29 is 28.7 Å². The number of carbonyl (C=O) groups is 1. The Bertz CT molecular complexity index is 989. The van der Waals surface area contributed by atoms with Crippen LogP contribution in [0.3, 0.4) is 0 Å². The van der Waals surface area contributed by atoms with Gasteiger partial charge in [-0.2, -0.15) is 0 Å². The highest BCUT2D eigenvalue weighted by atomic mass is 16.6. The van der Waals surface area contributed by atoms with Crippen molar-refractivity contribution in [3.63, 3.8) is 0 Å². The lowest BCUT2D eigenvalue weighted by Gasteiger charge is -2.05. The normalized spacial score (nSPS) is 14.5. The van der Waals surface area contributed by atoms with Gasteiger partial charge in [0.05, 0.1) is 26.3 Å². The zero-order chi connectivity index (χ0) is 20.3. The number of nitro groups is 1. The van der Waals surface area contributed by atoms with E-state index in [1.165, 1.54) is 45.6 Å². The molecule has 0 saturated heterocycles. The van der Waals surface area contributed by atoms with E-state index in [9.17, 15) is 14.9 Å². The van der Waals surface area contributed by atoms with E-state index in [1.54, 1.807) is 18.2 Å². The Balaban J connectivity index is 1.99. The number of benzene rings is 2. The van der Waals surface area contributed by atoms with Gasteiger partial charge >= 0.3 is 11.7 Å². The van der Waals surface area contributed by atoms with E-state index < -0.39 is 10.9 Å². The first kappa shape index (κ1) is 18.9. The predicted molar refractivity (Wildman–Crippen MR) is 99.8 cm³/mol. The summed E-state index contributed by atoms with van der Waals surface area (Å²) in [5.74, 6) is 0.491. The van der Waals surface area contributed by atoms with Crippen LogP contribution in [-0.4, -0.2) is 38.1 Å². The van der Waals surface area contributed by atoms with Crippen molar-refractivity contribution in [2.75, 3.05) is 21.3 Å². The Hall–Kier alpha value is -3.88. The summed E-state index contributed by atoms with van der Waals surface area (Å²) in [5, 5.41) is 11.2. The number of aliphatic imine (C=N–C) groups is 1. The quantitative estimate of drug-likeness (QED) is 0.326. The minimum absolute atomic E-state index is 0.0307. The van der Waals surface area contributed by atoms with Gasteiger partial charge in [0.1, 0.15) is 11.5 Å². The van der Waals surface area contributed by atoms with Crippen LogP contribution in [0.15, 0.2) is 47.1 Å². The third-order valence-electron chi connectivity index (χ3n) is 3.92. The Morgan fingerprint density at radius 1 is 1.04 bits per heavy atom. The molecule has 0 unspecified atom stereocenters. The minimum Gasteiger partial charge on any atom is -0.497 e. The van der Waals surface area contributed by atoms with Crippen molar-refractivity contribution in [2.24, 2.45) is 4.99 Å². The number of carbonyl (C=O) groups excluding carboxylic acids is 1. The number of hydrogen-bond donors (Lipinski definition) is 0. The number of ether oxygens (including phenoxy) is 4. The Morgan fingerprint density at radius 2 is 1.71 bits per heavy atom. The molecule has 1 aliphatic rings. The number of nitrogens with zero attached hydrogens (tertiary/aromatic N) is 2. The second-order valence-corrected chi connectivity index (χ2v) is 5.63. The lowest BCUT2D eigenvalue weighted by molar-refractivity contribution is -0.385. The van der Waals surface area contributed by atoms with E-state index in [0.717, 1.165) is 0 Å². The van der Waals surface area contributed by atoms with Crippen molar-refractivity contribution in [1.29, 1.82) is 0 Å². The Kier molecular flexibility index (Phi) is 5.25. The average molecular weight is 384 g/mol. The third-order valence-corrected chi connectivity index (χ3v) is 3.92. The molecule has 0 atom stereocenters. The average Bonchev–Trinajstić information content (AvgIpc) is 3.07. The fourth-order valence-electron chi connectivity index (χ4n) is 2.57. The number of hydrogen-bond acceptors (Lipinski definition) is 8. The van der Waals surface area contributed by atoms with Crippen LogP contribution >= 0.6 is 0 Å². The lowest BCUT2D eigenvalue weighted by Crippen LogP contribution is -2.06. The molecule has 0 fully saturated rings. The van der Waals surface area contributed by atoms with Crippen molar-refractivity contribution in [3.8, 4) is 17.2 Å². The van der Waals surface area contributed by atoms with Crippen LogP contribution < -0.4 is 14.2 Å². The fourth-order valence-corrected chi connectivity index (χ4v) is 2.57. The summed E-state index contributed by atoms with van der Waals surface area (Å²) < 4.78 is 20.5. The molecule has 1 heterocycles. The van der Waals surface area contributed by atoms with Crippen LogP contribution in [0.2, 0.25) is 0 Å². The van der Waals surface area contributed by atoms with Crippen LogP contribution in [0.5, 0.6) is 17.2 Å². The van der Waals surface area contributed by atoms with Crippen molar-refractivity contribution in [3.05, 3.63) is 63.3 Å². The van der Waals surface area contributed by atoms with Crippen LogP contribution in [0.25, 0.3) is 6.08 Å². The van der Waals surface area contributed by atoms with Gasteiger partial charge in [-0.25, -0.2) is 9.79 Å². The van der Waals surface area contributed by atoms with Gasteiger partial charge in [0, 0.05) is 17.7 Å². The minimum atomic E-state index is -0.671. The second-order valence-electron chi connectivity index (χ2n) is 5.63. The Labute approximate surface area is 160 Å². The SMILES string of the molecule is COc1cc(/C=C2\N=C(c3ccc(OC)c([N+](=O)[O-])c3)OC2=O)cc(OC)c1. The molecule has 0 spiro atoms. The summed E-state index contributed by atoms with van der Waals surface area (Å²) >= 11 is 0. The molecule has 144 valence electrons. The molecule has 0 radical (unpaired) electrons. The largest absolute Gasteiger partial charge is 0.497 e. The number of methoxy groups -OCH3 is 3. The van der Waals surface area contributed by atoms with Gasteiger partial charge < -0.3 is 18.9 Å². The molecular formula is C19H16N2O7. The second kappa shape index (κ2) is 7.78. The van der Waals surface area contributed by atoms with E-state index in [1.807, 2.05) is 0 Å². The van der Waals surface area contributed by atoms with Crippen LogP contribution in [0, 0.1) is 10.1 Å². The van der Waals surface area contributed by atoms with Crippen LogP contribution in [-0.2, 0) is 9.53 Å². The number of esters is 1. The maximum absolute atomic E-state index is 12.2. The highest BCUT2D eigenvalue weighted by Gasteiger charge is 2.26. The van der Waals surface area contributed by atoms with Gasteiger partial charge in [0.25, 0.3) is 0 Å². The Morgan fingerprint density at radius 3 is 2.29 bits per heavy atom. The predicted octanol–water partition coefficient (Wildman–Crippen LogP) is 2.97. The first-order valence-corrected chi connectivity index (χ1v) is 8.03. The first-order chi connectivity index (χ1) is 13.4. The monoisotopic (exact) mass is 384 g/mol. The van der Waals surface area contributed by atoms with E-state index >= 15 is 0 Å². The van der Waals surface area contributed by atoms with Crippen molar-refractivity contribution in [1.82, 2.24) is 0 Å². The van der Waals surface area contributed by atoms with Gasteiger partial charge in [-0.05, 0) is 35.9 Å². The summed E-state index contributed by atoms with van der Waals surface area (Å²) in [6, 6.07) is 9.28. The number of cyclic esters (lactones) is 1. The maximum atomic E-state index is 12.2. The zero-order valence-corrected chi connectivity index (χ0v) is 15.3. The molecule has 0 aromatic heterocycles. The molecule has 9 nitrogen and oxygen atoms in total. The molecule has 9 heteroatoms. The van der Waals surface area contributed by atoms with Crippen LogP contribution in [0.4, 0.5) is 5.69 Å². The molecule has 28 heavy (non-hydrogen) atoms. The standard InChI is InChI=1S/C19H16N2O7/c1-25-13-6-11(7-14(10-13)26-2)8-15-19(22)28-18(20-15)12-4-5-17(27-3)16(9-12)21(23)24/h4-10H,1-3H3/b15-8-. The molecule has 0 amide bonds. The van der Waals surface area contributed by atoms with Crippen LogP contribution in [0.1, 0.15) is 11.1 Å². The fraction of sp³-hybridized carbons (Fsp3) is 0.158. The summed E-state index contributed by atoms with van der Waals surface area (Å²) in [5.41, 5.74) is 0.693. The van der Waals surface area contributed by atoms with E-state index in [0.29, 0.717) is 17.1 Å². The van der Waals surface area contributed by atoms with Gasteiger partial charge in [-0.3, -0.25) is 10.1 Å². The highest BCUT2D eigenvalue weighted by Crippen LogP contribution is 2.30. The first-order valence-electron chi connectivity index (χ1n) is 8.03. The molecule has 3 rings (SSSR count). The summed E-state index contributed by atoms with van der Waals surface area (Å²) in [7, 11) is 4.36. The van der Waals surface area contributed by atoms with Crippen molar-refractivity contribution in [2.45, 2.75) is 0 Å². The zero-order valence-electron chi connectivity index (χ0n) is 15.3. The highest BCUT2D eigenvalue weighted by molar-refractivity contribution is 6.13. The maximum Gasteiger partial charge on any atom is 0.363 e. The molecular weight excluding hydrogens is 368 g/mol. The van der Waals surface area contributed by atoms with E-state index in [-0.39, 0.29) is 28.6 Å². The number of nitro benzene ring substituents is 1.